The predicted molar refractivity (Wildman–Crippen MR) is 112 cm³/mol. The molecular weight excluding hydrogens is 390 g/mol. The van der Waals surface area contributed by atoms with Crippen LogP contribution in [0.1, 0.15) is 29.9 Å². The van der Waals surface area contributed by atoms with E-state index in [9.17, 15) is 4.79 Å². The van der Waals surface area contributed by atoms with Crippen LogP contribution in [0.2, 0.25) is 5.02 Å². The molecule has 3 aromatic rings. The van der Waals surface area contributed by atoms with Crippen LogP contribution in [0.5, 0.6) is 11.5 Å². The monoisotopic (exact) mass is 413 g/mol. The highest BCUT2D eigenvalue weighted by Gasteiger charge is 2.26. The van der Waals surface area contributed by atoms with Gasteiger partial charge in [0.25, 0.3) is 5.91 Å². The van der Waals surface area contributed by atoms with E-state index in [1.807, 2.05) is 49.0 Å². The number of carbonyl (C=O) groups excluding carboxylic acids is 1. The zero-order valence-corrected chi connectivity index (χ0v) is 17.6. The molecule has 1 heterocycles. The second-order valence-corrected chi connectivity index (χ2v) is 7.19. The third-order valence-corrected chi connectivity index (χ3v) is 4.90. The highest BCUT2D eigenvalue weighted by atomic mass is 35.5. The van der Waals surface area contributed by atoms with Crippen molar-refractivity contribution in [2.75, 3.05) is 7.11 Å². The molecular formula is C22H24ClN3O3. The number of nitrogens with zero attached hydrogens (tertiary/aromatic N) is 2. The molecule has 29 heavy (non-hydrogen) atoms. The van der Waals surface area contributed by atoms with E-state index in [2.05, 4.69) is 10.3 Å². The molecule has 0 fully saturated rings. The van der Waals surface area contributed by atoms with E-state index in [1.165, 1.54) is 0 Å². The Hall–Kier alpha value is -2.99. The average Bonchev–Trinajstić information content (AvgIpc) is 3.13. The summed E-state index contributed by atoms with van der Waals surface area (Å²) in [6.07, 6.45) is 2.81. The highest BCUT2D eigenvalue weighted by Crippen LogP contribution is 2.29. The van der Waals surface area contributed by atoms with Gasteiger partial charge in [-0.15, -0.1) is 0 Å². The molecule has 0 saturated heterocycles. The predicted octanol–water partition coefficient (Wildman–Crippen LogP) is 4.06. The summed E-state index contributed by atoms with van der Waals surface area (Å²) < 4.78 is 13.2. The van der Waals surface area contributed by atoms with Gasteiger partial charge in [-0.1, -0.05) is 29.8 Å². The number of halogens is 1. The van der Waals surface area contributed by atoms with E-state index < -0.39 is 12.1 Å². The Labute approximate surface area is 175 Å². The number of hydrogen-bond donors (Lipinski definition) is 1. The standard InChI is InChI=1S/C22H24ClN3O3/c1-14-13-16(23)9-10-18(14)29-15(2)22(27)25-20(21-24-11-12-26(21)3)17-7-5-6-8-19(17)28-4/h5-13,15,20H,1-4H3,(H,25,27). The van der Waals surface area contributed by atoms with Crippen LogP contribution in [-0.2, 0) is 11.8 Å². The van der Waals surface area contributed by atoms with E-state index >= 15 is 0 Å². The van der Waals surface area contributed by atoms with Crippen molar-refractivity contribution in [1.29, 1.82) is 0 Å². The Morgan fingerprint density at radius 3 is 2.62 bits per heavy atom. The molecule has 2 aromatic carbocycles. The van der Waals surface area contributed by atoms with Crippen molar-refractivity contribution in [2.24, 2.45) is 7.05 Å². The van der Waals surface area contributed by atoms with Crippen LogP contribution in [0, 0.1) is 6.92 Å². The van der Waals surface area contributed by atoms with Gasteiger partial charge in [0.1, 0.15) is 23.4 Å². The SMILES string of the molecule is COc1ccccc1C(NC(=O)C(C)Oc1ccc(Cl)cc1C)c1nccn1C. The minimum Gasteiger partial charge on any atom is -0.496 e. The Morgan fingerprint density at radius 2 is 1.97 bits per heavy atom. The molecule has 0 aliphatic carbocycles. The van der Waals surface area contributed by atoms with Gasteiger partial charge in [0.15, 0.2) is 6.10 Å². The molecule has 0 aliphatic rings. The molecule has 0 spiro atoms. The summed E-state index contributed by atoms with van der Waals surface area (Å²) in [5.41, 5.74) is 1.68. The summed E-state index contributed by atoms with van der Waals surface area (Å²) in [4.78, 5) is 17.4. The van der Waals surface area contributed by atoms with E-state index in [0.717, 1.165) is 11.1 Å². The number of methoxy groups -OCH3 is 1. The zero-order valence-electron chi connectivity index (χ0n) is 16.8. The molecule has 0 saturated carbocycles. The van der Waals surface area contributed by atoms with Gasteiger partial charge in [-0.2, -0.15) is 0 Å². The number of carbonyl (C=O) groups is 1. The topological polar surface area (TPSA) is 65.4 Å². The van der Waals surface area contributed by atoms with Crippen molar-refractivity contribution in [1.82, 2.24) is 14.9 Å². The lowest BCUT2D eigenvalue weighted by molar-refractivity contribution is -0.127. The molecule has 1 amide bonds. The van der Waals surface area contributed by atoms with E-state index in [1.54, 1.807) is 38.4 Å². The fourth-order valence-corrected chi connectivity index (χ4v) is 3.32. The first-order valence-electron chi connectivity index (χ1n) is 9.24. The number of ether oxygens (including phenoxy) is 2. The zero-order chi connectivity index (χ0) is 21.0. The van der Waals surface area contributed by atoms with Gasteiger partial charge in [-0.05, 0) is 43.7 Å². The van der Waals surface area contributed by atoms with Crippen LogP contribution in [0.25, 0.3) is 0 Å². The third kappa shape index (κ3) is 4.71. The van der Waals surface area contributed by atoms with Crippen LogP contribution < -0.4 is 14.8 Å². The number of rotatable bonds is 7. The molecule has 3 rings (SSSR count). The van der Waals surface area contributed by atoms with Crippen molar-refractivity contribution in [3.8, 4) is 11.5 Å². The van der Waals surface area contributed by atoms with Crippen LogP contribution >= 0.6 is 11.6 Å². The van der Waals surface area contributed by atoms with Gasteiger partial charge < -0.3 is 19.4 Å². The molecule has 0 aliphatic heterocycles. The van der Waals surface area contributed by atoms with Gasteiger partial charge in [-0.25, -0.2) is 4.98 Å². The number of nitrogens with one attached hydrogen (secondary N) is 1. The summed E-state index contributed by atoms with van der Waals surface area (Å²) in [5, 5.41) is 3.67. The normalized spacial score (nSPS) is 12.9. The van der Waals surface area contributed by atoms with E-state index in [-0.39, 0.29) is 5.91 Å². The van der Waals surface area contributed by atoms with E-state index in [4.69, 9.17) is 21.1 Å². The number of imidazole rings is 1. The summed E-state index contributed by atoms with van der Waals surface area (Å²) in [6, 6.07) is 12.4. The molecule has 1 aromatic heterocycles. The lowest BCUT2D eigenvalue weighted by Gasteiger charge is -2.23. The van der Waals surface area contributed by atoms with Gasteiger partial charge >= 0.3 is 0 Å². The maximum atomic E-state index is 13.0. The van der Waals surface area contributed by atoms with Gasteiger partial charge in [0, 0.05) is 30.0 Å². The largest absolute Gasteiger partial charge is 0.496 e. The average molecular weight is 414 g/mol. The lowest BCUT2D eigenvalue weighted by atomic mass is 10.0. The highest BCUT2D eigenvalue weighted by molar-refractivity contribution is 6.30. The number of benzene rings is 2. The number of para-hydroxylation sites is 1. The molecule has 1 N–H and O–H groups in total. The molecule has 152 valence electrons. The summed E-state index contributed by atoms with van der Waals surface area (Å²) >= 11 is 6.00. The third-order valence-electron chi connectivity index (χ3n) is 4.66. The Morgan fingerprint density at radius 1 is 1.21 bits per heavy atom. The number of aromatic nitrogens is 2. The van der Waals surface area contributed by atoms with Crippen LogP contribution in [-0.4, -0.2) is 28.7 Å². The lowest BCUT2D eigenvalue weighted by Crippen LogP contribution is -2.40. The Bertz CT molecular complexity index is 1000. The van der Waals surface area contributed by atoms with Crippen molar-refractivity contribution >= 4 is 17.5 Å². The van der Waals surface area contributed by atoms with E-state index in [0.29, 0.717) is 22.3 Å². The first-order chi connectivity index (χ1) is 13.9. The smallest absolute Gasteiger partial charge is 0.261 e. The minimum atomic E-state index is -0.715. The summed E-state index contributed by atoms with van der Waals surface area (Å²) in [6.45, 7) is 3.60. The van der Waals surface area contributed by atoms with Crippen LogP contribution in [0.3, 0.4) is 0 Å². The molecule has 6 nitrogen and oxygen atoms in total. The molecule has 0 bridgehead atoms. The minimum absolute atomic E-state index is 0.266. The Balaban J connectivity index is 1.85. The fraction of sp³-hybridized carbons (Fsp3) is 0.273. The maximum absolute atomic E-state index is 13.0. The van der Waals surface area contributed by atoms with Gasteiger partial charge in [0.2, 0.25) is 0 Å². The van der Waals surface area contributed by atoms with Crippen LogP contribution in [0.15, 0.2) is 54.9 Å². The van der Waals surface area contributed by atoms with Crippen molar-refractivity contribution < 1.29 is 14.3 Å². The summed E-state index contributed by atoms with van der Waals surface area (Å²) in [5.74, 6) is 1.71. The molecule has 0 radical (unpaired) electrons. The van der Waals surface area contributed by atoms with Crippen LogP contribution in [0.4, 0.5) is 0 Å². The second-order valence-electron chi connectivity index (χ2n) is 6.75. The van der Waals surface area contributed by atoms with Crippen molar-refractivity contribution in [3.63, 3.8) is 0 Å². The molecule has 2 unspecified atom stereocenters. The Kier molecular flexibility index (Phi) is 6.44. The quantitative estimate of drug-likeness (QED) is 0.634. The van der Waals surface area contributed by atoms with Gasteiger partial charge in [-0.3, -0.25) is 4.79 Å². The molecule has 7 heteroatoms. The first-order valence-corrected chi connectivity index (χ1v) is 9.61. The van der Waals surface area contributed by atoms with Crippen molar-refractivity contribution in [2.45, 2.75) is 26.0 Å². The number of amides is 1. The summed E-state index contributed by atoms with van der Waals surface area (Å²) in [7, 11) is 3.49. The van der Waals surface area contributed by atoms with Crippen molar-refractivity contribution in [3.05, 3.63) is 76.8 Å². The fourth-order valence-electron chi connectivity index (χ4n) is 3.09. The second kappa shape index (κ2) is 9.01. The number of hydrogen-bond acceptors (Lipinski definition) is 4. The maximum Gasteiger partial charge on any atom is 0.261 e. The molecule has 2 atom stereocenters. The first kappa shape index (κ1) is 20.7. The van der Waals surface area contributed by atoms with Gasteiger partial charge in [0.05, 0.1) is 7.11 Å². The number of aryl methyl sites for hydroxylation is 2.